The molecule has 1 aromatic carbocycles. The van der Waals surface area contributed by atoms with Crippen LogP contribution in [0, 0.1) is 0 Å². The van der Waals surface area contributed by atoms with Crippen LogP contribution in [0.15, 0.2) is 30.3 Å². The maximum Gasteiger partial charge on any atom is 0.168 e. The minimum atomic E-state index is -3.41. The zero-order valence-electron chi connectivity index (χ0n) is 22.0. The van der Waals surface area contributed by atoms with Gasteiger partial charge >= 0.3 is 0 Å². The molecule has 0 atom stereocenters. The molecule has 1 aliphatic rings. The van der Waals surface area contributed by atoms with Gasteiger partial charge in [0.25, 0.3) is 0 Å². The molecular formula is C28H35N3O2S. The summed E-state index contributed by atoms with van der Waals surface area (Å²) in [7, 11) is -3.41. The highest BCUT2D eigenvalue weighted by Gasteiger charge is 2.56. The van der Waals surface area contributed by atoms with Gasteiger partial charge in [0.05, 0.1) is 26.0 Å². The van der Waals surface area contributed by atoms with Crippen molar-refractivity contribution in [1.82, 2.24) is 14.4 Å². The summed E-state index contributed by atoms with van der Waals surface area (Å²) in [5, 5.41) is 1.00. The minimum absolute atomic E-state index is 0.0498. The molecular weight excluding hydrogens is 442 g/mol. The number of benzene rings is 1. The van der Waals surface area contributed by atoms with E-state index in [0.29, 0.717) is 0 Å². The maximum absolute atomic E-state index is 13.4. The molecule has 3 aromatic heterocycles. The predicted molar refractivity (Wildman–Crippen MR) is 140 cm³/mol. The Morgan fingerprint density at radius 1 is 0.765 bits per heavy atom. The number of rotatable bonds is 0. The molecule has 180 valence electrons. The molecule has 0 fully saturated rings. The third-order valence-corrected chi connectivity index (χ3v) is 10.8. The van der Waals surface area contributed by atoms with E-state index in [0.717, 1.165) is 50.1 Å². The summed E-state index contributed by atoms with van der Waals surface area (Å²) in [6, 6.07) is 10.5. The molecule has 0 radical (unpaired) electrons. The number of imidazole rings is 1. The van der Waals surface area contributed by atoms with Crippen LogP contribution in [0.3, 0.4) is 0 Å². The molecule has 4 aromatic rings. The molecule has 0 N–H and O–H groups in total. The van der Waals surface area contributed by atoms with Crippen molar-refractivity contribution in [2.24, 2.45) is 0 Å². The molecule has 34 heavy (non-hydrogen) atoms. The van der Waals surface area contributed by atoms with E-state index in [-0.39, 0.29) is 10.8 Å². The molecule has 0 unspecified atom stereocenters. The molecule has 0 bridgehead atoms. The van der Waals surface area contributed by atoms with Crippen LogP contribution in [-0.4, -0.2) is 22.8 Å². The van der Waals surface area contributed by atoms with Crippen molar-refractivity contribution in [3.63, 3.8) is 0 Å². The summed E-state index contributed by atoms with van der Waals surface area (Å²) in [5.41, 5.74) is 7.23. The van der Waals surface area contributed by atoms with Gasteiger partial charge in [-0.05, 0) is 69.2 Å². The Bertz CT molecular complexity index is 1630. The van der Waals surface area contributed by atoms with Gasteiger partial charge in [0.15, 0.2) is 9.84 Å². The summed E-state index contributed by atoms with van der Waals surface area (Å²) < 4.78 is 27.2. The van der Waals surface area contributed by atoms with E-state index in [1.807, 2.05) is 33.8 Å². The number of nitrogens with zero attached hydrogens (tertiary/aromatic N) is 3. The van der Waals surface area contributed by atoms with Crippen LogP contribution in [0.25, 0.3) is 27.6 Å². The van der Waals surface area contributed by atoms with Crippen LogP contribution < -0.4 is 0 Å². The van der Waals surface area contributed by atoms with Crippen molar-refractivity contribution in [2.45, 2.75) is 89.6 Å². The van der Waals surface area contributed by atoms with E-state index in [2.05, 4.69) is 70.2 Å². The Morgan fingerprint density at radius 2 is 1.35 bits per heavy atom. The summed E-state index contributed by atoms with van der Waals surface area (Å²) in [5.74, 6) is 0. The summed E-state index contributed by atoms with van der Waals surface area (Å²) in [6.07, 6.45) is 0. The number of sulfone groups is 1. The summed E-state index contributed by atoms with van der Waals surface area (Å²) in [6.45, 7) is 20.4. The van der Waals surface area contributed by atoms with Crippen LogP contribution in [0.1, 0.15) is 91.8 Å². The van der Waals surface area contributed by atoms with Crippen molar-refractivity contribution < 1.29 is 8.42 Å². The largest absolute Gasteiger partial charge is 0.295 e. The van der Waals surface area contributed by atoms with Gasteiger partial charge in [-0.15, -0.1) is 0 Å². The first kappa shape index (κ1) is 23.3. The number of pyridine rings is 2. The number of aromatic nitrogens is 3. The highest BCUT2D eigenvalue weighted by atomic mass is 32.2. The number of hydrogen-bond acceptors (Lipinski definition) is 4. The number of fused-ring (bicyclic) bond motifs is 6. The van der Waals surface area contributed by atoms with Gasteiger partial charge < -0.3 is 0 Å². The average Bonchev–Trinajstić information content (AvgIpc) is 3.12. The van der Waals surface area contributed by atoms with E-state index in [9.17, 15) is 8.42 Å². The van der Waals surface area contributed by atoms with Crippen molar-refractivity contribution in [2.75, 3.05) is 0 Å². The van der Waals surface area contributed by atoms with Gasteiger partial charge in [-0.2, -0.15) is 0 Å². The van der Waals surface area contributed by atoms with Crippen molar-refractivity contribution >= 4 is 37.4 Å². The summed E-state index contributed by atoms with van der Waals surface area (Å²) in [4.78, 5) is 10.1. The molecule has 0 spiro atoms. The average molecular weight is 478 g/mol. The van der Waals surface area contributed by atoms with Crippen molar-refractivity contribution in [3.05, 3.63) is 52.8 Å². The van der Waals surface area contributed by atoms with Gasteiger partial charge in [-0.25, -0.2) is 13.4 Å². The van der Waals surface area contributed by atoms with Crippen LogP contribution in [-0.2, 0) is 30.2 Å². The number of hydrogen-bond donors (Lipinski definition) is 0. The highest BCUT2D eigenvalue weighted by Crippen LogP contribution is 2.53. The Morgan fingerprint density at radius 3 is 1.91 bits per heavy atom. The SMILES string of the molecule is CC(C)(C)c1ccc2c(cc(C(C)(C)C)n3c4cc5c(cc4nc23)C(C)(C)S(=O)(=O)C5(C)C)n1. The molecule has 0 amide bonds. The first-order chi connectivity index (χ1) is 15.4. The second kappa shape index (κ2) is 6.39. The lowest BCUT2D eigenvalue weighted by molar-refractivity contribution is 0.536. The molecule has 0 saturated carbocycles. The lowest BCUT2D eigenvalue weighted by Crippen LogP contribution is -2.33. The van der Waals surface area contributed by atoms with Crippen LogP contribution in [0.4, 0.5) is 0 Å². The second-order valence-electron chi connectivity index (χ2n) is 12.8. The minimum Gasteiger partial charge on any atom is -0.295 e. The van der Waals surface area contributed by atoms with Crippen LogP contribution >= 0.6 is 0 Å². The standard InChI is InChI=1S/C28H35N3O2S/c1-25(2,3)22-12-11-16-19(29-22)15-23(26(4,5)6)31-21-14-18-17(13-20(21)30-24(16)31)27(7,8)34(32,33)28(18,9)10/h11-15H,1-10H3. The van der Waals surface area contributed by atoms with E-state index in [4.69, 9.17) is 9.97 Å². The Hall–Kier alpha value is -2.47. The fraction of sp³-hybridized carbons (Fsp3) is 0.500. The fourth-order valence-electron chi connectivity index (χ4n) is 5.41. The van der Waals surface area contributed by atoms with Crippen molar-refractivity contribution in [1.29, 1.82) is 0 Å². The first-order valence-corrected chi connectivity index (χ1v) is 13.4. The first-order valence-electron chi connectivity index (χ1n) is 11.9. The maximum atomic E-state index is 13.4. The van der Waals surface area contributed by atoms with Crippen molar-refractivity contribution in [3.8, 4) is 0 Å². The van der Waals surface area contributed by atoms with E-state index < -0.39 is 19.3 Å². The molecule has 0 aliphatic carbocycles. The molecule has 6 heteroatoms. The molecule has 1 aliphatic heterocycles. The topological polar surface area (TPSA) is 64.3 Å². The van der Waals surface area contributed by atoms with E-state index >= 15 is 0 Å². The quantitative estimate of drug-likeness (QED) is 0.289. The Kier molecular flexibility index (Phi) is 4.38. The van der Waals surface area contributed by atoms with Crippen LogP contribution in [0.2, 0.25) is 0 Å². The van der Waals surface area contributed by atoms with Gasteiger partial charge in [0.2, 0.25) is 0 Å². The van der Waals surface area contributed by atoms with Gasteiger partial charge in [-0.1, -0.05) is 41.5 Å². The smallest absolute Gasteiger partial charge is 0.168 e. The Labute approximate surface area is 202 Å². The normalized spacial score (nSPS) is 19.2. The monoisotopic (exact) mass is 477 g/mol. The van der Waals surface area contributed by atoms with E-state index in [1.165, 1.54) is 0 Å². The zero-order chi connectivity index (χ0) is 25.2. The van der Waals surface area contributed by atoms with Gasteiger partial charge in [0.1, 0.15) is 5.65 Å². The molecule has 0 saturated heterocycles. The van der Waals surface area contributed by atoms with Gasteiger partial charge in [-0.3, -0.25) is 9.38 Å². The second-order valence-corrected chi connectivity index (χ2v) is 15.9. The third kappa shape index (κ3) is 2.81. The lowest BCUT2D eigenvalue weighted by atomic mass is 9.89. The lowest BCUT2D eigenvalue weighted by Gasteiger charge is -2.24. The van der Waals surface area contributed by atoms with Crippen LogP contribution in [0.5, 0.6) is 0 Å². The zero-order valence-corrected chi connectivity index (χ0v) is 22.8. The third-order valence-electron chi connectivity index (χ3n) is 7.65. The molecule has 4 heterocycles. The molecule has 5 nitrogen and oxygen atoms in total. The van der Waals surface area contributed by atoms with Gasteiger partial charge in [0, 0.05) is 27.6 Å². The highest BCUT2D eigenvalue weighted by molar-refractivity contribution is 7.93. The summed E-state index contributed by atoms with van der Waals surface area (Å²) >= 11 is 0. The predicted octanol–water partition coefficient (Wildman–Crippen LogP) is 6.53. The molecule has 5 rings (SSSR count). The fourth-order valence-corrected chi connectivity index (χ4v) is 7.60. The Balaban J connectivity index is 1.96. The van der Waals surface area contributed by atoms with E-state index in [1.54, 1.807) is 0 Å².